The van der Waals surface area contributed by atoms with Crippen molar-refractivity contribution in [1.82, 2.24) is 9.13 Å². The van der Waals surface area contributed by atoms with Crippen molar-refractivity contribution in [3.63, 3.8) is 0 Å². The third-order valence-corrected chi connectivity index (χ3v) is 5.50. The average Bonchev–Trinajstić information content (AvgIpc) is 2.97. The fourth-order valence-corrected chi connectivity index (χ4v) is 3.93. The first-order valence-electron chi connectivity index (χ1n) is 9.53. The van der Waals surface area contributed by atoms with Crippen molar-refractivity contribution in [3.05, 3.63) is 54.1 Å². The lowest BCUT2D eigenvalue weighted by Gasteiger charge is -2.33. The number of benzene rings is 2. The minimum Gasteiger partial charge on any atom is -0.396 e. The number of aliphatic hydroxyl groups is 1. The third kappa shape index (κ3) is 3.45. The van der Waals surface area contributed by atoms with E-state index in [-0.39, 0.29) is 6.61 Å². The Bertz CT molecular complexity index is 944. The molecule has 1 fully saturated rings. The van der Waals surface area contributed by atoms with Crippen molar-refractivity contribution in [3.8, 4) is 0 Å². The molecule has 4 rings (SSSR count). The summed E-state index contributed by atoms with van der Waals surface area (Å²) in [6, 6.07) is 16.6. The fourth-order valence-electron chi connectivity index (χ4n) is 3.93. The zero-order valence-corrected chi connectivity index (χ0v) is 16.0. The molecule has 142 valence electrons. The number of hydrogen-bond acceptors (Lipinski definition) is 4. The lowest BCUT2D eigenvalue weighted by molar-refractivity contribution is 0.209. The van der Waals surface area contributed by atoms with E-state index in [1.165, 1.54) is 5.69 Å². The van der Waals surface area contributed by atoms with E-state index in [9.17, 15) is 5.11 Å². The molecule has 1 aliphatic heterocycles. The molecule has 6 nitrogen and oxygen atoms in total. The van der Waals surface area contributed by atoms with Crippen LogP contribution in [0, 0.1) is 5.92 Å². The van der Waals surface area contributed by atoms with Crippen molar-refractivity contribution >= 4 is 22.4 Å². The highest BCUT2D eigenvalue weighted by molar-refractivity contribution is 5.75. The standard InChI is InChI=1S/C21H27N5O/c1-24-19-7-3-4-8-20(19)25(2)21(24)23-22-17-9-11-18(12-10-17)26-13-5-6-16(14-26)15-27/h3-4,7-12,16,22,27H,5-6,13-15H2,1-2H3. The maximum atomic E-state index is 9.42. The Hall–Kier alpha value is -2.73. The van der Waals surface area contributed by atoms with Crippen molar-refractivity contribution in [2.45, 2.75) is 12.8 Å². The van der Waals surface area contributed by atoms with E-state index in [4.69, 9.17) is 0 Å². The fraction of sp³-hybridized carbons (Fsp3) is 0.381. The number of aromatic nitrogens is 2. The van der Waals surface area contributed by atoms with Gasteiger partial charge in [-0.2, -0.15) is 0 Å². The highest BCUT2D eigenvalue weighted by Gasteiger charge is 2.19. The van der Waals surface area contributed by atoms with Gasteiger partial charge in [0.1, 0.15) is 0 Å². The number of aliphatic hydroxyl groups excluding tert-OH is 1. The quantitative estimate of drug-likeness (QED) is 0.699. The molecule has 3 aromatic rings. The Kier molecular flexibility index (Phi) is 4.90. The number of nitrogens with one attached hydrogen (secondary N) is 1. The smallest absolute Gasteiger partial charge is 0.227 e. The summed E-state index contributed by atoms with van der Waals surface area (Å²) in [6.07, 6.45) is 2.26. The predicted molar refractivity (Wildman–Crippen MR) is 110 cm³/mol. The van der Waals surface area contributed by atoms with Crippen LogP contribution in [0.1, 0.15) is 12.8 Å². The number of anilines is 2. The number of hydrogen-bond donors (Lipinski definition) is 2. The summed E-state index contributed by atoms with van der Waals surface area (Å²) in [5.41, 5.74) is 8.51. The summed E-state index contributed by atoms with van der Waals surface area (Å²) < 4.78 is 4.17. The second kappa shape index (κ2) is 7.48. The summed E-state index contributed by atoms with van der Waals surface area (Å²) in [4.78, 5) is 2.36. The van der Waals surface area contributed by atoms with Gasteiger partial charge in [-0.25, -0.2) is 0 Å². The predicted octanol–water partition coefficient (Wildman–Crippen LogP) is 2.65. The Morgan fingerprint density at radius 1 is 1.04 bits per heavy atom. The van der Waals surface area contributed by atoms with Gasteiger partial charge in [0, 0.05) is 39.5 Å². The van der Waals surface area contributed by atoms with Crippen LogP contribution >= 0.6 is 0 Å². The van der Waals surface area contributed by atoms with Gasteiger partial charge in [-0.15, -0.1) is 5.10 Å². The molecule has 2 heterocycles. The average molecular weight is 365 g/mol. The molecular formula is C21H27N5O. The molecule has 1 atom stereocenters. The Balaban J connectivity index is 1.53. The van der Waals surface area contributed by atoms with Crippen LogP contribution in [0.15, 0.2) is 53.6 Å². The normalized spacial score (nSPS) is 17.3. The van der Waals surface area contributed by atoms with E-state index in [0.29, 0.717) is 5.92 Å². The molecule has 0 amide bonds. The lowest BCUT2D eigenvalue weighted by Crippen LogP contribution is -2.36. The molecule has 0 radical (unpaired) electrons. The molecule has 0 saturated carbocycles. The molecule has 1 unspecified atom stereocenters. The first kappa shape index (κ1) is 17.7. The number of nitrogens with zero attached hydrogens (tertiary/aromatic N) is 4. The van der Waals surface area contributed by atoms with Crippen molar-refractivity contribution in [1.29, 1.82) is 0 Å². The molecule has 0 aliphatic carbocycles. The SMILES string of the molecule is Cn1c(=NNc2ccc(N3CCCC(CO)C3)cc2)n(C)c2ccccc21. The van der Waals surface area contributed by atoms with Gasteiger partial charge in [-0.05, 0) is 55.2 Å². The van der Waals surface area contributed by atoms with Crippen LogP contribution in [0.5, 0.6) is 0 Å². The third-order valence-electron chi connectivity index (χ3n) is 5.50. The van der Waals surface area contributed by atoms with E-state index in [0.717, 1.165) is 48.3 Å². The molecule has 1 saturated heterocycles. The minimum absolute atomic E-state index is 0.275. The highest BCUT2D eigenvalue weighted by Crippen LogP contribution is 2.24. The first-order valence-corrected chi connectivity index (χ1v) is 9.53. The molecule has 27 heavy (non-hydrogen) atoms. The Morgan fingerprint density at radius 3 is 2.33 bits per heavy atom. The Morgan fingerprint density at radius 2 is 1.70 bits per heavy atom. The van der Waals surface area contributed by atoms with E-state index in [1.807, 2.05) is 26.2 Å². The van der Waals surface area contributed by atoms with E-state index in [2.05, 4.69) is 61.0 Å². The zero-order valence-electron chi connectivity index (χ0n) is 16.0. The highest BCUT2D eigenvalue weighted by atomic mass is 16.3. The monoisotopic (exact) mass is 365 g/mol. The summed E-state index contributed by atoms with van der Waals surface area (Å²) in [7, 11) is 4.06. The van der Waals surface area contributed by atoms with Crippen LogP contribution in [-0.4, -0.2) is 33.9 Å². The Labute approximate surface area is 159 Å². The van der Waals surface area contributed by atoms with Gasteiger partial charge in [-0.3, -0.25) is 5.43 Å². The van der Waals surface area contributed by atoms with E-state index < -0.39 is 0 Å². The largest absolute Gasteiger partial charge is 0.396 e. The molecule has 2 aromatic carbocycles. The molecular weight excluding hydrogens is 338 g/mol. The van der Waals surface area contributed by atoms with Crippen LogP contribution in [0.3, 0.4) is 0 Å². The van der Waals surface area contributed by atoms with Crippen LogP contribution in [0.25, 0.3) is 11.0 Å². The minimum atomic E-state index is 0.275. The van der Waals surface area contributed by atoms with Crippen molar-refractivity contribution in [2.75, 3.05) is 30.0 Å². The summed E-state index contributed by atoms with van der Waals surface area (Å²) in [5, 5.41) is 14.0. The second-order valence-electron chi connectivity index (χ2n) is 7.31. The van der Waals surface area contributed by atoms with Crippen LogP contribution in [-0.2, 0) is 14.1 Å². The molecule has 0 bridgehead atoms. The van der Waals surface area contributed by atoms with Gasteiger partial charge < -0.3 is 19.1 Å². The van der Waals surface area contributed by atoms with E-state index >= 15 is 0 Å². The number of rotatable bonds is 4. The van der Waals surface area contributed by atoms with Gasteiger partial charge in [0.2, 0.25) is 5.62 Å². The van der Waals surface area contributed by atoms with Crippen LogP contribution in [0.4, 0.5) is 11.4 Å². The molecule has 1 aliphatic rings. The van der Waals surface area contributed by atoms with Gasteiger partial charge in [0.15, 0.2) is 0 Å². The van der Waals surface area contributed by atoms with Crippen molar-refractivity contribution in [2.24, 2.45) is 25.1 Å². The topological polar surface area (TPSA) is 57.7 Å². The van der Waals surface area contributed by atoms with Gasteiger partial charge in [0.25, 0.3) is 0 Å². The molecule has 2 N–H and O–H groups in total. The summed E-state index contributed by atoms with van der Waals surface area (Å²) in [6.45, 7) is 2.26. The van der Waals surface area contributed by atoms with E-state index in [1.54, 1.807) is 0 Å². The maximum Gasteiger partial charge on any atom is 0.227 e. The zero-order chi connectivity index (χ0) is 18.8. The van der Waals surface area contributed by atoms with Crippen LogP contribution < -0.4 is 15.9 Å². The van der Waals surface area contributed by atoms with Gasteiger partial charge in [0.05, 0.1) is 16.7 Å². The molecule has 1 aromatic heterocycles. The first-order chi connectivity index (χ1) is 13.2. The molecule has 6 heteroatoms. The van der Waals surface area contributed by atoms with Crippen molar-refractivity contribution < 1.29 is 5.11 Å². The summed E-state index contributed by atoms with van der Waals surface area (Å²) in [5.74, 6) is 0.387. The number of imidazole rings is 1. The maximum absolute atomic E-state index is 9.42. The number of aryl methyl sites for hydroxylation is 2. The molecule has 0 spiro atoms. The number of para-hydroxylation sites is 2. The van der Waals surface area contributed by atoms with Gasteiger partial charge >= 0.3 is 0 Å². The second-order valence-corrected chi connectivity index (χ2v) is 7.31. The number of piperidine rings is 1. The lowest BCUT2D eigenvalue weighted by atomic mass is 9.98. The van der Waals surface area contributed by atoms with Gasteiger partial charge in [-0.1, -0.05) is 12.1 Å². The van der Waals surface area contributed by atoms with Crippen LogP contribution in [0.2, 0.25) is 0 Å². The number of fused-ring (bicyclic) bond motifs is 1. The summed E-state index contributed by atoms with van der Waals surface area (Å²) >= 11 is 0.